The Morgan fingerprint density at radius 1 is 1.21 bits per heavy atom. The second-order valence-electron chi connectivity index (χ2n) is 7.03. The number of aromatic nitrogens is 1. The third-order valence-electron chi connectivity index (χ3n) is 4.81. The first-order valence-corrected chi connectivity index (χ1v) is 9.86. The molecule has 150 valence electrons. The van der Waals surface area contributed by atoms with Crippen LogP contribution < -0.4 is 10.6 Å². The Morgan fingerprint density at radius 2 is 1.96 bits per heavy atom. The minimum Gasteiger partial charge on any atom is -0.444 e. The standard InChI is InChI=1S/C21H29N5O2/c1-4-22-21(24-13-19-25-15(2)16(3)28-19)23-12-17-7-9-18(10-8-17)14-26-11-5-6-20(26)27/h7-10H,4-6,11-14H2,1-3H3,(H2,22,23,24). The van der Waals surface area contributed by atoms with Crippen molar-refractivity contribution in [1.82, 2.24) is 20.5 Å². The molecule has 1 aromatic carbocycles. The van der Waals surface area contributed by atoms with Crippen LogP contribution in [0.15, 0.2) is 33.7 Å². The molecule has 0 bridgehead atoms. The minimum absolute atomic E-state index is 0.256. The van der Waals surface area contributed by atoms with E-state index in [2.05, 4.69) is 44.9 Å². The normalized spacial score (nSPS) is 14.6. The van der Waals surface area contributed by atoms with Crippen molar-refractivity contribution in [2.24, 2.45) is 4.99 Å². The molecule has 1 saturated heterocycles. The molecule has 7 nitrogen and oxygen atoms in total. The van der Waals surface area contributed by atoms with E-state index in [9.17, 15) is 4.79 Å². The molecule has 0 saturated carbocycles. The van der Waals surface area contributed by atoms with Crippen LogP contribution in [-0.4, -0.2) is 34.8 Å². The van der Waals surface area contributed by atoms with Crippen molar-refractivity contribution >= 4 is 11.9 Å². The van der Waals surface area contributed by atoms with Crippen molar-refractivity contribution in [3.63, 3.8) is 0 Å². The van der Waals surface area contributed by atoms with Gasteiger partial charge in [0.1, 0.15) is 5.76 Å². The lowest BCUT2D eigenvalue weighted by Crippen LogP contribution is -2.36. The van der Waals surface area contributed by atoms with Crippen molar-refractivity contribution in [2.75, 3.05) is 13.1 Å². The Bertz CT molecular complexity index is 806. The lowest BCUT2D eigenvalue weighted by atomic mass is 10.1. The molecule has 1 aliphatic heterocycles. The van der Waals surface area contributed by atoms with Gasteiger partial charge < -0.3 is 20.0 Å². The lowest BCUT2D eigenvalue weighted by molar-refractivity contribution is -0.128. The van der Waals surface area contributed by atoms with Crippen molar-refractivity contribution in [3.8, 4) is 0 Å². The van der Waals surface area contributed by atoms with E-state index in [0.717, 1.165) is 48.1 Å². The molecule has 0 aliphatic carbocycles. The smallest absolute Gasteiger partial charge is 0.222 e. The molecule has 3 rings (SSSR count). The van der Waals surface area contributed by atoms with E-state index in [4.69, 9.17) is 4.42 Å². The molecule has 1 aliphatic rings. The summed E-state index contributed by atoms with van der Waals surface area (Å²) in [5, 5.41) is 6.49. The predicted octanol–water partition coefficient (Wildman–Crippen LogP) is 2.67. The SMILES string of the molecule is CCNC(=NCc1ccc(CN2CCCC2=O)cc1)NCc1nc(C)c(C)o1. The fraction of sp³-hybridized carbons (Fsp3) is 0.476. The first-order chi connectivity index (χ1) is 13.5. The van der Waals surface area contributed by atoms with Crippen molar-refractivity contribution in [3.05, 3.63) is 52.7 Å². The molecular weight excluding hydrogens is 354 g/mol. The van der Waals surface area contributed by atoms with Crippen LogP contribution in [0, 0.1) is 13.8 Å². The largest absolute Gasteiger partial charge is 0.444 e. The van der Waals surface area contributed by atoms with Crippen LogP contribution in [0.25, 0.3) is 0 Å². The number of nitrogens with one attached hydrogen (secondary N) is 2. The van der Waals surface area contributed by atoms with E-state index in [1.54, 1.807) is 0 Å². The van der Waals surface area contributed by atoms with Crippen LogP contribution in [0.3, 0.4) is 0 Å². The number of guanidine groups is 1. The van der Waals surface area contributed by atoms with Gasteiger partial charge in [-0.15, -0.1) is 0 Å². The molecule has 2 heterocycles. The van der Waals surface area contributed by atoms with Gasteiger partial charge in [-0.2, -0.15) is 0 Å². The number of aryl methyl sites for hydroxylation is 2. The fourth-order valence-electron chi connectivity index (χ4n) is 3.13. The third-order valence-corrected chi connectivity index (χ3v) is 4.81. The van der Waals surface area contributed by atoms with Gasteiger partial charge in [0.05, 0.1) is 18.8 Å². The number of likely N-dealkylation sites (tertiary alicyclic amines) is 1. The first-order valence-electron chi connectivity index (χ1n) is 9.86. The maximum atomic E-state index is 11.8. The van der Waals surface area contributed by atoms with Gasteiger partial charge in [-0.1, -0.05) is 24.3 Å². The summed E-state index contributed by atoms with van der Waals surface area (Å²) >= 11 is 0. The second kappa shape index (κ2) is 9.39. The Labute approximate surface area is 166 Å². The van der Waals surface area contributed by atoms with Crippen LogP contribution in [0.5, 0.6) is 0 Å². The molecule has 0 unspecified atom stereocenters. The molecule has 2 aromatic rings. The first kappa shape index (κ1) is 19.9. The van der Waals surface area contributed by atoms with Crippen molar-refractivity contribution in [2.45, 2.75) is 53.2 Å². The van der Waals surface area contributed by atoms with E-state index < -0.39 is 0 Å². The van der Waals surface area contributed by atoms with E-state index in [0.29, 0.717) is 31.9 Å². The summed E-state index contributed by atoms with van der Waals surface area (Å²) in [5.74, 6) is 2.48. The monoisotopic (exact) mass is 383 g/mol. The molecule has 7 heteroatoms. The van der Waals surface area contributed by atoms with E-state index in [1.807, 2.05) is 25.7 Å². The van der Waals surface area contributed by atoms with Crippen LogP contribution in [0.4, 0.5) is 0 Å². The molecule has 1 fully saturated rings. The number of amides is 1. The number of carbonyl (C=O) groups is 1. The summed E-state index contributed by atoms with van der Waals surface area (Å²) in [6.45, 7) is 9.28. The minimum atomic E-state index is 0.256. The Morgan fingerprint density at radius 3 is 2.57 bits per heavy atom. The van der Waals surface area contributed by atoms with Crippen LogP contribution in [0.2, 0.25) is 0 Å². The molecular formula is C21H29N5O2. The highest BCUT2D eigenvalue weighted by molar-refractivity contribution is 5.79. The van der Waals surface area contributed by atoms with Gasteiger partial charge in [-0.3, -0.25) is 4.79 Å². The highest BCUT2D eigenvalue weighted by atomic mass is 16.4. The Hall–Kier alpha value is -2.83. The number of hydrogen-bond donors (Lipinski definition) is 2. The molecule has 28 heavy (non-hydrogen) atoms. The van der Waals surface area contributed by atoms with E-state index in [-0.39, 0.29) is 5.91 Å². The number of carbonyl (C=O) groups excluding carboxylic acids is 1. The average molecular weight is 383 g/mol. The maximum Gasteiger partial charge on any atom is 0.222 e. The van der Waals surface area contributed by atoms with Crippen LogP contribution in [0.1, 0.15) is 48.2 Å². The summed E-state index contributed by atoms with van der Waals surface area (Å²) in [7, 11) is 0. The number of oxazole rings is 1. The van der Waals surface area contributed by atoms with Crippen molar-refractivity contribution in [1.29, 1.82) is 0 Å². The summed E-state index contributed by atoms with van der Waals surface area (Å²) in [6, 6.07) is 8.30. The topological polar surface area (TPSA) is 82.8 Å². The zero-order chi connectivity index (χ0) is 19.9. The molecule has 1 aromatic heterocycles. The third kappa shape index (κ3) is 5.34. The number of nitrogens with zero attached hydrogens (tertiary/aromatic N) is 3. The van der Waals surface area contributed by atoms with Gasteiger partial charge in [0.2, 0.25) is 11.8 Å². The molecule has 0 atom stereocenters. The predicted molar refractivity (Wildman–Crippen MR) is 109 cm³/mol. The molecule has 0 spiro atoms. The van der Waals surface area contributed by atoms with Crippen molar-refractivity contribution < 1.29 is 9.21 Å². The lowest BCUT2D eigenvalue weighted by Gasteiger charge is -2.15. The summed E-state index contributed by atoms with van der Waals surface area (Å²) in [5.41, 5.74) is 3.19. The molecule has 1 amide bonds. The molecule has 2 N–H and O–H groups in total. The highest BCUT2D eigenvalue weighted by Crippen LogP contribution is 2.15. The van der Waals surface area contributed by atoms with Gasteiger partial charge in [0.15, 0.2) is 5.96 Å². The Kier molecular flexibility index (Phi) is 6.68. The summed E-state index contributed by atoms with van der Waals surface area (Å²) in [4.78, 5) is 22.7. The fourth-order valence-corrected chi connectivity index (χ4v) is 3.13. The number of hydrogen-bond acceptors (Lipinski definition) is 4. The maximum absolute atomic E-state index is 11.8. The second-order valence-corrected chi connectivity index (χ2v) is 7.03. The van der Waals surface area contributed by atoms with Gasteiger partial charge in [-0.05, 0) is 38.3 Å². The number of aliphatic imine (C=N–C) groups is 1. The Balaban J connectivity index is 1.55. The van der Waals surface area contributed by atoms with Gasteiger partial charge >= 0.3 is 0 Å². The van der Waals surface area contributed by atoms with E-state index >= 15 is 0 Å². The zero-order valence-corrected chi connectivity index (χ0v) is 16.9. The zero-order valence-electron chi connectivity index (χ0n) is 16.9. The van der Waals surface area contributed by atoms with Gasteiger partial charge in [0.25, 0.3) is 0 Å². The summed E-state index contributed by atoms with van der Waals surface area (Å²) < 4.78 is 5.60. The highest BCUT2D eigenvalue weighted by Gasteiger charge is 2.19. The molecule has 0 radical (unpaired) electrons. The van der Waals surface area contributed by atoms with Crippen LogP contribution in [-0.2, 0) is 24.4 Å². The number of benzene rings is 1. The quantitative estimate of drug-likeness (QED) is 0.567. The van der Waals surface area contributed by atoms with E-state index in [1.165, 1.54) is 0 Å². The van der Waals surface area contributed by atoms with Crippen LogP contribution >= 0.6 is 0 Å². The summed E-state index contributed by atoms with van der Waals surface area (Å²) in [6.07, 6.45) is 1.65. The van der Waals surface area contributed by atoms with Gasteiger partial charge in [-0.25, -0.2) is 9.98 Å². The average Bonchev–Trinajstić information content (AvgIpc) is 3.23. The number of rotatable bonds is 7. The van der Waals surface area contributed by atoms with Gasteiger partial charge in [0, 0.05) is 26.1 Å².